The summed E-state index contributed by atoms with van der Waals surface area (Å²) in [6.45, 7) is 5.12. The first-order valence-corrected chi connectivity index (χ1v) is 6.31. The maximum Gasteiger partial charge on any atom is 0.147 e. The molecule has 5 nitrogen and oxygen atoms in total. The number of hydrogen-bond donors (Lipinski definition) is 1. The third-order valence-corrected chi connectivity index (χ3v) is 3.56. The molecule has 2 aromatic rings. The summed E-state index contributed by atoms with van der Waals surface area (Å²) in [7, 11) is 0. The molecule has 1 fully saturated rings. The predicted octanol–water partition coefficient (Wildman–Crippen LogP) is 2.16. The van der Waals surface area contributed by atoms with E-state index >= 15 is 0 Å². The van der Waals surface area contributed by atoms with Crippen LogP contribution in [0.25, 0.3) is 0 Å². The average molecular weight is 243 g/mol. The van der Waals surface area contributed by atoms with Crippen molar-refractivity contribution in [2.24, 2.45) is 0 Å². The highest BCUT2D eigenvalue weighted by Crippen LogP contribution is 2.33. The third kappa shape index (κ3) is 1.85. The van der Waals surface area contributed by atoms with Crippen LogP contribution in [-0.4, -0.2) is 26.5 Å². The van der Waals surface area contributed by atoms with Gasteiger partial charge in [0.25, 0.3) is 0 Å². The number of aromatic nitrogens is 4. The second-order valence-corrected chi connectivity index (χ2v) is 4.75. The molecule has 1 N–H and O–H groups in total. The lowest BCUT2D eigenvalue weighted by atomic mass is 10.2. The summed E-state index contributed by atoms with van der Waals surface area (Å²) < 4.78 is 0. The van der Waals surface area contributed by atoms with Crippen LogP contribution in [-0.2, 0) is 0 Å². The van der Waals surface area contributed by atoms with Gasteiger partial charge in [-0.2, -0.15) is 0 Å². The van der Waals surface area contributed by atoms with Crippen LogP contribution in [0.4, 0.5) is 5.82 Å². The smallest absolute Gasteiger partial charge is 0.147 e. The molecule has 1 saturated heterocycles. The number of anilines is 1. The zero-order valence-electron chi connectivity index (χ0n) is 10.7. The normalized spacial score (nSPS) is 19.4. The van der Waals surface area contributed by atoms with Crippen molar-refractivity contribution in [2.75, 3.05) is 11.4 Å². The molecular formula is C13H17N5. The Morgan fingerprint density at radius 2 is 2.22 bits per heavy atom. The van der Waals surface area contributed by atoms with Gasteiger partial charge in [0.15, 0.2) is 0 Å². The lowest BCUT2D eigenvalue weighted by molar-refractivity contribution is 0.667. The van der Waals surface area contributed by atoms with Crippen LogP contribution in [0.3, 0.4) is 0 Å². The fourth-order valence-corrected chi connectivity index (χ4v) is 2.50. The SMILES string of the molecule is Cc1nc(C2CCCN2c2cnccn2)[nH]c1C. The van der Waals surface area contributed by atoms with E-state index < -0.39 is 0 Å². The van der Waals surface area contributed by atoms with E-state index in [9.17, 15) is 0 Å². The van der Waals surface area contributed by atoms with Gasteiger partial charge in [0.05, 0.1) is 17.9 Å². The zero-order valence-corrected chi connectivity index (χ0v) is 10.7. The van der Waals surface area contributed by atoms with E-state index in [1.807, 2.05) is 13.1 Å². The second-order valence-electron chi connectivity index (χ2n) is 4.75. The van der Waals surface area contributed by atoms with Crippen molar-refractivity contribution in [1.29, 1.82) is 0 Å². The van der Waals surface area contributed by atoms with Gasteiger partial charge in [-0.15, -0.1) is 0 Å². The van der Waals surface area contributed by atoms with Crippen LogP contribution in [0, 0.1) is 13.8 Å². The van der Waals surface area contributed by atoms with Crippen LogP contribution in [0.1, 0.15) is 36.1 Å². The summed E-state index contributed by atoms with van der Waals surface area (Å²) in [5.41, 5.74) is 2.23. The minimum Gasteiger partial charge on any atom is -0.345 e. The number of imidazole rings is 1. The molecule has 0 bridgehead atoms. The number of H-pyrrole nitrogens is 1. The molecule has 0 aliphatic carbocycles. The van der Waals surface area contributed by atoms with E-state index in [2.05, 4.69) is 31.8 Å². The van der Waals surface area contributed by atoms with Crippen LogP contribution in [0.15, 0.2) is 18.6 Å². The highest BCUT2D eigenvalue weighted by Gasteiger charge is 2.29. The third-order valence-electron chi connectivity index (χ3n) is 3.56. The molecule has 3 heterocycles. The Morgan fingerprint density at radius 3 is 2.89 bits per heavy atom. The molecule has 1 unspecified atom stereocenters. The second kappa shape index (κ2) is 4.40. The van der Waals surface area contributed by atoms with Gasteiger partial charge in [0, 0.05) is 24.6 Å². The van der Waals surface area contributed by atoms with E-state index in [4.69, 9.17) is 0 Å². The van der Waals surface area contributed by atoms with E-state index in [0.717, 1.165) is 36.0 Å². The topological polar surface area (TPSA) is 57.7 Å². The highest BCUT2D eigenvalue weighted by atomic mass is 15.3. The summed E-state index contributed by atoms with van der Waals surface area (Å²) in [6, 6.07) is 0.300. The first-order valence-electron chi connectivity index (χ1n) is 6.31. The molecule has 5 heteroatoms. The minimum atomic E-state index is 0.300. The first kappa shape index (κ1) is 11.2. The molecule has 1 aliphatic heterocycles. The Bertz CT molecular complexity index is 514. The molecule has 0 amide bonds. The predicted molar refractivity (Wildman–Crippen MR) is 69.4 cm³/mol. The molecule has 94 valence electrons. The number of nitrogens with zero attached hydrogens (tertiary/aromatic N) is 4. The van der Waals surface area contributed by atoms with Crippen molar-refractivity contribution in [3.63, 3.8) is 0 Å². The van der Waals surface area contributed by atoms with Crippen LogP contribution >= 0.6 is 0 Å². The van der Waals surface area contributed by atoms with Crippen molar-refractivity contribution >= 4 is 5.82 Å². The fourth-order valence-electron chi connectivity index (χ4n) is 2.50. The molecule has 3 rings (SSSR count). The van der Waals surface area contributed by atoms with Gasteiger partial charge in [0.2, 0.25) is 0 Å². The first-order chi connectivity index (χ1) is 8.75. The quantitative estimate of drug-likeness (QED) is 0.878. The number of rotatable bonds is 2. The Balaban J connectivity index is 1.92. The number of aryl methyl sites for hydroxylation is 2. The number of hydrogen-bond acceptors (Lipinski definition) is 4. The number of nitrogens with one attached hydrogen (secondary N) is 1. The molecule has 0 aromatic carbocycles. The lowest BCUT2D eigenvalue weighted by Crippen LogP contribution is -2.24. The minimum absolute atomic E-state index is 0.300. The molecule has 0 spiro atoms. The Morgan fingerprint density at radius 1 is 1.33 bits per heavy atom. The summed E-state index contributed by atoms with van der Waals surface area (Å²) in [6.07, 6.45) is 7.54. The summed E-state index contributed by atoms with van der Waals surface area (Å²) >= 11 is 0. The average Bonchev–Trinajstić information content (AvgIpc) is 2.98. The van der Waals surface area contributed by atoms with Crippen molar-refractivity contribution in [2.45, 2.75) is 32.7 Å². The molecule has 0 saturated carbocycles. The summed E-state index contributed by atoms with van der Waals surface area (Å²) in [5, 5.41) is 0. The fraction of sp³-hybridized carbons (Fsp3) is 0.462. The Hall–Kier alpha value is -1.91. The molecule has 1 atom stereocenters. The van der Waals surface area contributed by atoms with E-state index in [0.29, 0.717) is 6.04 Å². The molecule has 2 aromatic heterocycles. The highest BCUT2D eigenvalue weighted by molar-refractivity contribution is 5.40. The van der Waals surface area contributed by atoms with Crippen molar-refractivity contribution in [3.05, 3.63) is 35.8 Å². The van der Waals surface area contributed by atoms with E-state index in [-0.39, 0.29) is 0 Å². The Labute approximate surface area is 106 Å². The van der Waals surface area contributed by atoms with Crippen LogP contribution in [0.2, 0.25) is 0 Å². The van der Waals surface area contributed by atoms with Gasteiger partial charge in [-0.05, 0) is 26.7 Å². The maximum absolute atomic E-state index is 4.62. The van der Waals surface area contributed by atoms with Crippen molar-refractivity contribution in [3.8, 4) is 0 Å². The van der Waals surface area contributed by atoms with Crippen molar-refractivity contribution < 1.29 is 0 Å². The molecular weight excluding hydrogens is 226 g/mol. The van der Waals surface area contributed by atoms with E-state index in [1.54, 1.807) is 12.4 Å². The molecule has 18 heavy (non-hydrogen) atoms. The van der Waals surface area contributed by atoms with Gasteiger partial charge in [-0.1, -0.05) is 0 Å². The summed E-state index contributed by atoms with van der Waals surface area (Å²) in [4.78, 5) is 18.8. The van der Waals surface area contributed by atoms with Gasteiger partial charge in [0.1, 0.15) is 11.6 Å². The standard InChI is InChI=1S/C13H17N5/c1-9-10(2)17-13(16-9)11-4-3-7-18(11)12-8-14-5-6-15-12/h5-6,8,11H,3-4,7H2,1-2H3,(H,16,17). The van der Waals surface area contributed by atoms with Crippen molar-refractivity contribution in [1.82, 2.24) is 19.9 Å². The zero-order chi connectivity index (χ0) is 12.5. The van der Waals surface area contributed by atoms with Gasteiger partial charge >= 0.3 is 0 Å². The largest absolute Gasteiger partial charge is 0.345 e. The van der Waals surface area contributed by atoms with Crippen LogP contribution < -0.4 is 4.90 Å². The van der Waals surface area contributed by atoms with Crippen LogP contribution in [0.5, 0.6) is 0 Å². The monoisotopic (exact) mass is 243 g/mol. The Kier molecular flexibility index (Phi) is 2.74. The van der Waals surface area contributed by atoms with E-state index in [1.165, 1.54) is 6.42 Å². The number of aromatic amines is 1. The molecule has 0 radical (unpaired) electrons. The van der Waals surface area contributed by atoms with Gasteiger partial charge in [-0.3, -0.25) is 4.98 Å². The molecule has 1 aliphatic rings. The summed E-state index contributed by atoms with van der Waals surface area (Å²) in [5.74, 6) is 1.99. The maximum atomic E-state index is 4.62. The van der Waals surface area contributed by atoms with Gasteiger partial charge in [-0.25, -0.2) is 9.97 Å². The lowest BCUT2D eigenvalue weighted by Gasteiger charge is -2.23. The van der Waals surface area contributed by atoms with Gasteiger partial charge < -0.3 is 9.88 Å².